The number of nitrogens with zero attached hydrogens (tertiary/aromatic N) is 1. The van der Waals surface area contributed by atoms with E-state index in [-0.39, 0.29) is 0 Å². The lowest BCUT2D eigenvalue weighted by molar-refractivity contribution is 0.669. The van der Waals surface area contributed by atoms with Gasteiger partial charge in [-0.25, -0.2) is 0 Å². The van der Waals surface area contributed by atoms with Crippen LogP contribution in [0.1, 0.15) is 0 Å². The molecule has 11 rings (SSSR count). The SMILES string of the molecule is c1ccc(-c2ccc(N(c3ccc(-c4ccc5c6ccccc6c6c(ccc7oc8ccccc8c76)c5c4)cc3)c3ccc4ccccc4c3)cc2)cc1. The predicted molar refractivity (Wildman–Crippen MR) is 229 cm³/mol. The maximum absolute atomic E-state index is 6.35. The van der Waals surface area contributed by atoms with Gasteiger partial charge in [-0.1, -0.05) is 140 Å². The van der Waals surface area contributed by atoms with Crippen molar-refractivity contribution in [2.75, 3.05) is 4.90 Å². The van der Waals surface area contributed by atoms with Gasteiger partial charge < -0.3 is 9.32 Å². The molecule has 0 saturated heterocycles. The smallest absolute Gasteiger partial charge is 0.136 e. The highest BCUT2D eigenvalue weighted by molar-refractivity contribution is 6.34. The molecule has 0 N–H and O–H groups in total. The van der Waals surface area contributed by atoms with Gasteiger partial charge in [-0.3, -0.25) is 0 Å². The zero-order valence-electron chi connectivity index (χ0n) is 29.4. The number of hydrogen-bond acceptors (Lipinski definition) is 2. The quantitative estimate of drug-likeness (QED) is 0.168. The number of anilines is 3. The van der Waals surface area contributed by atoms with E-state index in [4.69, 9.17) is 4.42 Å². The lowest BCUT2D eigenvalue weighted by atomic mass is 9.90. The largest absolute Gasteiger partial charge is 0.456 e. The Morgan fingerprint density at radius 1 is 0.278 bits per heavy atom. The van der Waals surface area contributed by atoms with Crippen LogP contribution in [0.5, 0.6) is 0 Å². The molecule has 0 atom stereocenters. The van der Waals surface area contributed by atoms with Crippen molar-refractivity contribution >= 4 is 82.1 Å². The number of hydrogen-bond donors (Lipinski definition) is 0. The van der Waals surface area contributed by atoms with Crippen LogP contribution in [0.3, 0.4) is 0 Å². The fourth-order valence-electron chi connectivity index (χ4n) is 8.44. The first-order valence-electron chi connectivity index (χ1n) is 18.5. The Bertz CT molecular complexity index is 3190. The molecular weight excluding hydrogens is 655 g/mol. The molecular formula is C52H33NO. The normalized spacial score (nSPS) is 11.7. The maximum Gasteiger partial charge on any atom is 0.136 e. The highest BCUT2D eigenvalue weighted by Crippen LogP contribution is 2.44. The molecule has 0 bridgehead atoms. The van der Waals surface area contributed by atoms with Crippen LogP contribution in [0.2, 0.25) is 0 Å². The van der Waals surface area contributed by atoms with Gasteiger partial charge in [0.15, 0.2) is 0 Å². The lowest BCUT2D eigenvalue weighted by Gasteiger charge is -2.26. The minimum Gasteiger partial charge on any atom is -0.456 e. The van der Waals surface area contributed by atoms with Crippen LogP contribution in [0.15, 0.2) is 205 Å². The predicted octanol–water partition coefficient (Wildman–Crippen LogP) is 15.0. The van der Waals surface area contributed by atoms with Gasteiger partial charge in [-0.05, 0) is 121 Å². The number of rotatable bonds is 5. The van der Waals surface area contributed by atoms with Crippen molar-refractivity contribution in [2.45, 2.75) is 0 Å². The number of furan rings is 1. The second-order valence-corrected chi connectivity index (χ2v) is 14.1. The molecule has 0 aliphatic carbocycles. The molecule has 10 aromatic carbocycles. The maximum atomic E-state index is 6.35. The molecule has 0 spiro atoms. The summed E-state index contributed by atoms with van der Waals surface area (Å²) in [4.78, 5) is 2.35. The van der Waals surface area contributed by atoms with Crippen molar-refractivity contribution in [3.05, 3.63) is 200 Å². The van der Waals surface area contributed by atoms with Gasteiger partial charge in [0.05, 0.1) is 0 Å². The molecule has 0 saturated carbocycles. The zero-order chi connectivity index (χ0) is 35.6. The number of fused-ring (bicyclic) bond motifs is 11. The van der Waals surface area contributed by atoms with Gasteiger partial charge in [-0.2, -0.15) is 0 Å². The highest BCUT2D eigenvalue weighted by atomic mass is 16.3. The third kappa shape index (κ3) is 4.88. The standard InChI is InChI=1S/C52H33NO/c1-2-10-34(11-3-1)36-18-24-40(25-19-36)53(42-28-22-35-12-4-5-13-38(35)32-42)41-26-20-37(21-27-41)39-23-29-44-43-14-6-7-15-45(43)51-46(48(44)33-39)30-31-50-52(51)47-16-8-9-17-49(47)54-50/h1-33H. The van der Waals surface area contributed by atoms with Crippen molar-refractivity contribution in [3.8, 4) is 22.3 Å². The van der Waals surface area contributed by atoms with E-state index in [9.17, 15) is 0 Å². The van der Waals surface area contributed by atoms with Crippen molar-refractivity contribution in [1.29, 1.82) is 0 Å². The van der Waals surface area contributed by atoms with Gasteiger partial charge in [-0.15, -0.1) is 0 Å². The third-order valence-corrected chi connectivity index (χ3v) is 11.0. The molecule has 2 heteroatoms. The first-order valence-corrected chi connectivity index (χ1v) is 18.5. The lowest BCUT2D eigenvalue weighted by Crippen LogP contribution is -2.09. The molecule has 0 aliphatic heterocycles. The second kappa shape index (κ2) is 12.2. The summed E-state index contributed by atoms with van der Waals surface area (Å²) in [6.07, 6.45) is 0. The molecule has 11 aromatic rings. The Morgan fingerprint density at radius 3 is 1.59 bits per heavy atom. The summed E-state index contributed by atoms with van der Waals surface area (Å²) in [7, 11) is 0. The minimum atomic E-state index is 0.919. The van der Waals surface area contributed by atoms with Gasteiger partial charge in [0, 0.05) is 33.2 Å². The Kier molecular flexibility index (Phi) is 6.90. The molecule has 1 heterocycles. The Labute approximate surface area is 312 Å². The van der Waals surface area contributed by atoms with E-state index in [1.165, 1.54) is 70.7 Å². The van der Waals surface area contributed by atoms with Gasteiger partial charge >= 0.3 is 0 Å². The summed E-state index contributed by atoms with van der Waals surface area (Å²) < 4.78 is 6.35. The van der Waals surface area contributed by atoms with Crippen LogP contribution in [0.25, 0.3) is 87.3 Å². The third-order valence-electron chi connectivity index (χ3n) is 11.0. The first kappa shape index (κ1) is 30.5. The summed E-state index contributed by atoms with van der Waals surface area (Å²) in [6, 6.07) is 72.2. The van der Waals surface area contributed by atoms with Gasteiger partial charge in [0.2, 0.25) is 0 Å². The fourth-order valence-corrected chi connectivity index (χ4v) is 8.44. The molecule has 0 radical (unpaired) electrons. The summed E-state index contributed by atoms with van der Waals surface area (Å²) in [5, 5.41) is 12.3. The van der Waals surface area contributed by atoms with Crippen LogP contribution >= 0.6 is 0 Å². The van der Waals surface area contributed by atoms with Crippen LogP contribution in [0.4, 0.5) is 17.1 Å². The van der Waals surface area contributed by atoms with E-state index in [0.29, 0.717) is 0 Å². The summed E-state index contributed by atoms with van der Waals surface area (Å²) in [5.41, 5.74) is 9.95. The molecule has 1 aromatic heterocycles. The van der Waals surface area contributed by atoms with Crippen LogP contribution in [-0.4, -0.2) is 0 Å². The summed E-state index contributed by atoms with van der Waals surface area (Å²) >= 11 is 0. The Morgan fingerprint density at radius 2 is 0.815 bits per heavy atom. The number of benzene rings is 10. The van der Waals surface area contributed by atoms with Crippen molar-refractivity contribution in [2.24, 2.45) is 0 Å². The van der Waals surface area contributed by atoms with Crippen molar-refractivity contribution in [1.82, 2.24) is 0 Å². The van der Waals surface area contributed by atoms with Crippen molar-refractivity contribution in [3.63, 3.8) is 0 Å². The fraction of sp³-hybridized carbons (Fsp3) is 0. The summed E-state index contributed by atoms with van der Waals surface area (Å²) in [5.74, 6) is 0. The van der Waals surface area contributed by atoms with E-state index in [1.807, 2.05) is 6.07 Å². The average Bonchev–Trinajstić information content (AvgIpc) is 3.63. The summed E-state index contributed by atoms with van der Waals surface area (Å²) in [6.45, 7) is 0. The molecule has 2 nitrogen and oxygen atoms in total. The first-order chi connectivity index (χ1) is 26.8. The molecule has 0 fully saturated rings. The second-order valence-electron chi connectivity index (χ2n) is 14.1. The van der Waals surface area contributed by atoms with Crippen LogP contribution < -0.4 is 4.90 Å². The molecule has 0 amide bonds. The molecule has 0 aliphatic rings. The van der Waals surface area contributed by atoms with Gasteiger partial charge in [0.1, 0.15) is 11.2 Å². The van der Waals surface area contributed by atoms with E-state index < -0.39 is 0 Å². The minimum absolute atomic E-state index is 0.919. The van der Waals surface area contributed by atoms with E-state index in [1.54, 1.807) is 0 Å². The van der Waals surface area contributed by atoms with Crippen LogP contribution in [-0.2, 0) is 0 Å². The van der Waals surface area contributed by atoms with Crippen molar-refractivity contribution < 1.29 is 4.42 Å². The topological polar surface area (TPSA) is 16.4 Å². The highest BCUT2D eigenvalue weighted by Gasteiger charge is 2.18. The Hall–Kier alpha value is -7.16. The average molecular weight is 688 g/mol. The molecule has 0 unspecified atom stereocenters. The van der Waals surface area contributed by atoms with E-state index in [0.717, 1.165) is 33.6 Å². The van der Waals surface area contributed by atoms with Crippen LogP contribution in [0, 0.1) is 0 Å². The Balaban J connectivity index is 1.05. The van der Waals surface area contributed by atoms with E-state index in [2.05, 4.69) is 199 Å². The number of para-hydroxylation sites is 1. The van der Waals surface area contributed by atoms with E-state index >= 15 is 0 Å². The molecule has 252 valence electrons. The molecule has 54 heavy (non-hydrogen) atoms. The monoisotopic (exact) mass is 687 g/mol. The van der Waals surface area contributed by atoms with Gasteiger partial charge in [0.25, 0.3) is 0 Å². The zero-order valence-corrected chi connectivity index (χ0v) is 29.4.